The number of benzene rings is 1. The van der Waals surface area contributed by atoms with Gasteiger partial charge in [-0.3, -0.25) is 0 Å². The quantitative estimate of drug-likeness (QED) is 0.473. The van der Waals surface area contributed by atoms with Gasteiger partial charge in [0.1, 0.15) is 6.61 Å². The number of carbonyl (C=O) groups is 1. The molecule has 0 amide bonds. The maximum absolute atomic E-state index is 11.0. The highest BCUT2D eigenvalue weighted by atomic mass is 16.5. The molecule has 0 radical (unpaired) electrons. The first-order chi connectivity index (χ1) is 7.86. The first-order valence-electron chi connectivity index (χ1n) is 5.31. The second kappa shape index (κ2) is 4.91. The van der Waals surface area contributed by atoms with E-state index in [1.54, 1.807) is 12.1 Å². The number of nitrogen functional groups attached to an aromatic ring is 2. The minimum absolute atomic E-state index is 0.242. The minimum atomic E-state index is -0.438. The molecule has 17 heavy (non-hydrogen) atoms. The molecule has 1 aromatic rings. The summed E-state index contributed by atoms with van der Waals surface area (Å²) in [6, 6.07) is 5.33. The molecule has 4 N–H and O–H groups in total. The normalized spacial score (nSPS) is 10.9. The Morgan fingerprint density at radius 3 is 2.65 bits per heavy atom. The fourth-order valence-corrected chi connectivity index (χ4v) is 1.59. The predicted molar refractivity (Wildman–Crippen MR) is 69.4 cm³/mol. The molecule has 0 aliphatic heterocycles. The van der Waals surface area contributed by atoms with Crippen LogP contribution in [0.3, 0.4) is 0 Å². The van der Waals surface area contributed by atoms with Gasteiger partial charge in [-0.2, -0.15) is 0 Å². The van der Waals surface area contributed by atoms with Crippen LogP contribution in [0.1, 0.15) is 19.4 Å². The Morgan fingerprint density at radius 1 is 1.47 bits per heavy atom. The third kappa shape index (κ3) is 3.24. The van der Waals surface area contributed by atoms with Crippen LogP contribution in [-0.2, 0) is 14.9 Å². The average molecular weight is 234 g/mol. The molecule has 0 fully saturated rings. The summed E-state index contributed by atoms with van der Waals surface area (Å²) < 4.78 is 5.05. The summed E-state index contributed by atoms with van der Waals surface area (Å²) in [5, 5.41) is 0. The standard InChI is InChI=1S/C13H18N2O2/c1-4-12(16)17-8-13(2,3)10-6-5-9(14)7-11(10)15/h4-7H,1,8,14-15H2,2-3H3. The fourth-order valence-electron chi connectivity index (χ4n) is 1.59. The summed E-state index contributed by atoms with van der Waals surface area (Å²) in [6.45, 7) is 7.49. The molecule has 0 aliphatic carbocycles. The second-order valence-electron chi connectivity index (χ2n) is 4.54. The lowest BCUT2D eigenvalue weighted by Crippen LogP contribution is -2.27. The van der Waals surface area contributed by atoms with Crippen LogP contribution in [0.2, 0.25) is 0 Å². The van der Waals surface area contributed by atoms with Gasteiger partial charge in [0.15, 0.2) is 0 Å². The molecule has 0 saturated heterocycles. The number of esters is 1. The molecule has 0 heterocycles. The zero-order valence-corrected chi connectivity index (χ0v) is 10.2. The van der Waals surface area contributed by atoms with Crippen molar-refractivity contribution >= 4 is 17.3 Å². The largest absolute Gasteiger partial charge is 0.462 e. The van der Waals surface area contributed by atoms with Crippen LogP contribution in [-0.4, -0.2) is 12.6 Å². The lowest BCUT2D eigenvalue weighted by Gasteiger charge is -2.26. The second-order valence-corrected chi connectivity index (χ2v) is 4.54. The molecule has 0 bridgehead atoms. The topological polar surface area (TPSA) is 78.3 Å². The predicted octanol–water partition coefficient (Wildman–Crippen LogP) is 1.86. The van der Waals surface area contributed by atoms with Gasteiger partial charge in [0.25, 0.3) is 0 Å². The zero-order chi connectivity index (χ0) is 13.1. The summed E-state index contributed by atoms with van der Waals surface area (Å²) in [6.07, 6.45) is 1.14. The molecule has 4 heteroatoms. The van der Waals surface area contributed by atoms with E-state index in [0.717, 1.165) is 11.6 Å². The number of anilines is 2. The Bertz CT molecular complexity index is 439. The fraction of sp³-hybridized carbons (Fsp3) is 0.308. The Morgan fingerprint density at radius 2 is 2.12 bits per heavy atom. The summed E-state index contributed by atoms with van der Waals surface area (Å²) in [5.41, 5.74) is 13.3. The van der Waals surface area contributed by atoms with E-state index in [0.29, 0.717) is 11.4 Å². The van der Waals surface area contributed by atoms with E-state index in [2.05, 4.69) is 6.58 Å². The SMILES string of the molecule is C=CC(=O)OCC(C)(C)c1ccc(N)cc1N. The molecule has 1 aromatic carbocycles. The zero-order valence-electron chi connectivity index (χ0n) is 10.2. The molecule has 0 spiro atoms. The molecule has 0 aromatic heterocycles. The van der Waals surface area contributed by atoms with Gasteiger partial charge in [-0.15, -0.1) is 0 Å². The molecule has 4 nitrogen and oxygen atoms in total. The summed E-state index contributed by atoms with van der Waals surface area (Å²) >= 11 is 0. The van der Waals surface area contributed by atoms with E-state index < -0.39 is 5.97 Å². The van der Waals surface area contributed by atoms with Gasteiger partial charge in [0, 0.05) is 22.9 Å². The Balaban J connectivity index is 2.88. The van der Waals surface area contributed by atoms with E-state index in [1.165, 1.54) is 0 Å². The maximum atomic E-state index is 11.0. The number of hydrogen-bond acceptors (Lipinski definition) is 4. The van der Waals surface area contributed by atoms with E-state index in [-0.39, 0.29) is 12.0 Å². The average Bonchev–Trinajstić information content (AvgIpc) is 2.25. The molecule has 0 unspecified atom stereocenters. The third-order valence-electron chi connectivity index (χ3n) is 2.55. The maximum Gasteiger partial charge on any atom is 0.330 e. The number of carbonyl (C=O) groups excluding carboxylic acids is 1. The van der Waals surface area contributed by atoms with E-state index in [4.69, 9.17) is 16.2 Å². The highest BCUT2D eigenvalue weighted by molar-refractivity contribution is 5.81. The van der Waals surface area contributed by atoms with Crippen LogP contribution in [0.15, 0.2) is 30.9 Å². The van der Waals surface area contributed by atoms with E-state index >= 15 is 0 Å². The van der Waals surface area contributed by atoms with Crippen molar-refractivity contribution in [2.45, 2.75) is 19.3 Å². The van der Waals surface area contributed by atoms with E-state index in [1.807, 2.05) is 19.9 Å². The summed E-state index contributed by atoms with van der Waals surface area (Å²) in [7, 11) is 0. The van der Waals surface area contributed by atoms with Crippen LogP contribution < -0.4 is 11.5 Å². The Kier molecular flexibility index (Phi) is 3.78. The van der Waals surface area contributed by atoms with Crippen LogP contribution >= 0.6 is 0 Å². The van der Waals surface area contributed by atoms with Crippen molar-refractivity contribution in [3.63, 3.8) is 0 Å². The number of nitrogens with two attached hydrogens (primary N) is 2. The van der Waals surface area contributed by atoms with Crippen molar-refractivity contribution in [1.29, 1.82) is 0 Å². The molecule has 0 atom stereocenters. The molecule has 0 saturated carbocycles. The van der Waals surface area contributed by atoms with Crippen molar-refractivity contribution in [2.24, 2.45) is 0 Å². The molecule has 92 valence electrons. The highest BCUT2D eigenvalue weighted by Crippen LogP contribution is 2.30. The van der Waals surface area contributed by atoms with Gasteiger partial charge in [-0.05, 0) is 17.7 Å². The molecule has 1 rings (SSSR count). The van der Waals surface area contributed by atoms with E-state index in [9.17, 15) is 4.79 Å². The van der Waals surface area contributed by atoms with Crippen molar-refractivity contribution < 1.29 is 9.53 Å². The van der Waals surface area contributed by atoms with Crippen LogP contribution in [0.4, 0.5) is 11.4 Å². The van der Waals surface area contributed by atoms with Gasteiger partial charge in [0.05, 0.1) is 0 Å². The smallest absolute Gasteiger partial charge is 0.330 e. The van der Waals surface area contributed by atoms with Gasteiger partial charge in [-0.25, -0.2) is 4.79 Å². The summed E-state index contributed by atoms with van der Waals surface area (Å²) in [4.78, 5) is 11.0. The lowest BCUT2D eigenvalue weighted by atomic mass is 9.84. The monoisotopic (exact) mass is 234 g/mol. The first kappa shape index (κ1) is 13.1. The van der Waals surface area contributed by atoms with Gasteiger partial charge in [0.2, 0.25) is 0 Å². The van der Waals surface area contributed by atoms with Gasteiger partial charge in [-0.1, -0.05) is 26.5 Å². The number of rotatable bonds is 4. The Hall–Kier alpha value is -1.97. The van der Waals surface area contributed by atoms with Crippen molar-refractivity contribution in [2.75, 3.05) is 18.1 Å². The van der Waals surface area contributed by atoms with Crippen LogP contribution in [0, 0.1) is 0 Å². The highest BCUT2D eigenvalue weighted by Gasteiger charge is 2.24. The molecule has 0 aliphatic rings. The van der Waals surface area contributed by atoms with Gasteiger partial charge < -0.3 is 16.2 Å². The van der Waals surface area contributed by atoms with Crippen LogP contribution in [0.25, 0.3) is 0 Å². The Labute approximate surface area is 101 Å². The van der Waals surface area contributed by atoms with Crippen molar-refractivity contribution in [1.82, 2.24) is 0 Å². The van der Waals surface area contributed by atoms with Crippen LogP contribution in [0.5, 0.6) is 0 Å². The van der Waals surface area contributed by atoms with Crippen molar-refractivity contribution in [3.05, 3.63) is 36.4 Å². The van der Waals surface area contributed by atoms with Crippen molar-refractivity contribution in [3.8, 4) is 0 Å². The summed E-state index contributed by atoms with van der Waals surface area (Å²) in [5.74, 6) is -0.438. The molecular formula is C13H18N2O2. The molecular weight excluding hydrogens is 216 g/mol. The number of hydrogen-bond donors (Lipinski definition) is 2. The lowest BCUT2D eigenvalue weighted by molar-refractivity contribution is -0.139. The van der Waals surface area contributed by atoms with Gasteiger partial charge >= 0.3 is 5.97 Å². The third-order valence-corrected chi connectivity index (χ3v) is 2.55. The first-order valence-corrected chi connectivity index (χ1v) is 5.31. The number of ether oxygens (including phenoxy) is 1. The minimum Gasteiger partial charge on any atom is -0.462 e.